The van der Waals surface area contributed by atoms with Crippen molar-refractivity contribution in [2.24, 2.45) is 5.92 Å². The highest BCUT2D eigenvalue weighted by Gasteiger charge is 2.21. The van der Waals surface area contributed by atoms with Gasteiger partial charge in [0.15, 0.2) is 0 Å². The quantitative estimate of drug-likeness (QED) is 0.811. The number of aromatic nitrogens is 2. The number of carbonyl (C=O) groups excluding carboxylic acids is 1. The number of piperidine rings is 1. The summed E-state index contributed by atoms with van der Waals surface area (Å²) in [6.45, 7) is 2.47. The van der Waals surface area contributed by atoms with E-state index in [4.69, 9.17) is 9.47 Å². The molecular weight excluding hydrogens is 346 g/mol. The molecule has 1 fully saturated rings. The van der Waals surface area contributed by atoms with Crippen LogP contribution in [0.15, 0.2) is 36.8 Å². The molecule has 1 aromatic carbocycles. The molecule has 0 bridgehead atoms. The SMILES string of the molecule is COc1ccc(NC(=O)NCC2CCN(c3cnccn3)CC2)c(OC)c1. The molecule has 2 N–H and O–H groups in total. The van der Waals surface area contributed by atoms with Crippen molar-refractivity contribution in [2.45, 2.75) is 12.8 Å². The first-order chi connectivity index (χ1) is 13.2. The molecule has 2 aromatic rings. The number of anilines is 2. The molecule has 0 spiro atoms. The molecule has 2 heterocycles. The van der Waals surface area contributed by atoms with Gasteiger partial charge in [0.05, 0.1) is 26.1 Å². The molecule has 2 amide bonds. The first-order valence-corrected chi connectivity index (χ1v) is 8.97. The van der Waals surface area contributed by atoms with Gasteiger partial charge in [-0.2, -0.15) is 0 Å². The summed E-state index contributed by atoms with van der Waals surface area (Å²) in [7, 11) is 3.15. The fraction of sp³-hybridized carbons (Fsp3) is 0.421. The van der Waals surface area contributed by atoms with Crippen LogP contribution in [-0.2, 0) is 0 Å². The second kappa shape index (κ2) is 9.07. The zero-order chi connectivity index (χ0) is 19.1. The summed E-state index contributed by atoms with van der Waals surface area (Å²) in [4.78, 5) is 22.9. The van der Waals surface area contributed by atoms with Crippen molar-refractivity contribution in [2.75, 3.05) is 44.1 Å². The second-order valence-corrected chi connectivity index (χ2v) is 6.40. The topological polar surface area (TPSA) is 88.6 Å². The summed E-state index contributed by atoms with van der Waals surface area (Å²) >= 11 is 0. The predicted molar refractivity (Wildman–Crippen MR) is 104 cm³/mol. The molecule has 0 saturated carbocycles. The largest absolute Gasteiger partial charge is 0.497 e. The summed E-state index contributed by atoms with van der Waals surface area (Å²) in [5.74, 6) is 2.59. The molecule has 1 aromatic heterocycles. The number of nitrogens with one attached hydrogen (secondary N) is 2. The van der Waals surface area contributed by atoms with E-state index in [1.807, 2.05) is 0 Å². The number of amides is 2. The monoisotopic (exact) mass is 371 g/mol. The number of hydrogen-bond donors (Lipinski definition) is 2. The zero-order valence-electron chi connectivity index (χ0n) is 15.6. The molecule has 27 heavy (non-hydrogen) atoms. The van der Waals surface area contributed by atoms with E-state index >= 15 is 0 Å². The fourth-order valence-corrected chi connectivity index (χ4v) is 3.13. The lowest BCUT2D eigenvalue weighted by atomic mass is 9.97. The number of methoxy groups -OCH3 is 2. The van der Waals surface area contributed by atoms with E-state index in [0.29, 0.717) is 29.6 Å². The van der Waals surface area contributed by atoms with E-state index in [1.165, 1.54) is 0 Å². The van der Waals surface area contributed by atoms with Gasteiger partial charge in [-0.3, -0.25) is 4.98 Å². The summed E-state index contributed by atoms with van der Waals surface area (Å²) in [5.41, 5.74) is 0.605. The van der Waals surface area contributed by atoms with Crippen LogP contribution in [0, 0.1) is 5.92 Å². The number of hydrogen-bond acceptors (Lipinski definition) is 6. The van der Waals surface area contributed by atoms with E-state index in [1.54, 1.807) is 51.0 Å². The molecule has 3 rings (SSSR count). The minimum Gasteiger partial charge on any atom is -0.497 e. The summed E-state index contributed by atoms with van der Waals surface area (Å²) < 4.78 is 10.5. The number of rotatable bonds is 6. The third-order valence-corrected chi connectivity index (χ3v) is 4.70. The highest BCUT2D eigenvalue weighted by molar-refractivity contribution is 5.91. The minimum absolute atomic E-state index is 0.241. The Morgan fingerprint density at radius 1 is 1.22 bits per heavy atom. The molecule has 0 unspecified atom stereocenters. The molecule has 8 nitrogen and oxygen atoms in total. The van der Waals surface area contributed by atoms with Crippen molar-refractivity contribution in [3.63, 3.8) is 0 Å². The maximum absolute atomic E-state index is 12.2. The molecule has 0 atom stereocenters. The minimum atomic E-state index is -0.241. The maximum Gasteiger partial charge on any atom is 0.319 e. The Hall–Kier alpha value is -3.03. The third-order valence-electron chi connectivity index (χ3n) is 4.70. The first-order valence-electron chi connectivity index (χ1n) is 8.97. The maximum atomic E-state index is 12.2. The lowest BCUT2D eigenvalue weighted by Gasteiger charge is -2.32. The Labute approximate surface area is 158 Å². The van der Waals surface area contributed by atoms with Crippen molar-refractivity contribution in [3.05, 3.63) is 36.8 Å². The number of nitrogens with zero attached hydrogens (tertiary/aromatic N) is 3. The van der Waals surface area contributed by atoms with Gasteiger partial charge in [0, 0.05) is 38.1 Å². The Morgan fingerprint density at radius 2 is 2.04 bits per heavy atom. The number of urea groups is 1. The normalized spacial score (nSPS) is 14.5. The molecule has 8 heteroatoms. The van der Waals surface area contributed by atoms with Crippen LogP contribution in [0.3, 0.4) is 0 Å². The Kier molecular flexibility index (Phi) is 6.30. The molecule has 1 saturated heterocycles. The first kappa shape index (κ1) is 18.8. The van der Waals surface area contributed by atoms with Crippen LogP contribution in [0.4, 0.5) is 16.3 Å². The van der Waals surface area contributed by atoms with E-state index < -0.39 is 0 Å². The van der Waals surface area contributed by atoms with Crippen molar-refractivity contribution in [1.82, 2.24) is 15.3 Å². The third kappa shape index (κ3) is 4.99. The number of carbonyl (C=O) groups is 1. The molecule has 0 radical (unpaired) electrons. The second-order valence-electron chi connectivity index (χ2n) is 6.40. The molecular formula is C19H25N5O3. The molecule has 144 valence electrons. The van der Waals surface area contributed by atoms with Crippen LogP contribution in [-0.4, -0.2) is 49.9 Å². The highest BCUT2D eigenvalue weighted by Crippen LogP contribution is 2.29. The van der Waals surface area contributed by atoms with Gasteiger partial charge in [0.2, 0.25) is 0 Å². The molecule has 1 aliphatic heterocycles. The lowest BCUT2D eigenvalue weighted by Crippen LogP contribution is -2.40. The number of benzene rings is 1. The van der Waals surface area contributed by atoms with Crippen LogP contribution in [0.25, 0.3) is 0 Å². The molecule has 0 aliphatic carbocycles. The van der Waals surface area contributed by atoms with E-state index in [2.05, 4.69) is 25.5 Å². The zero-order valence-corrected chi connectivity index (χ0v) is 15.6. The standard InChI is InChI=1S/C19H25N5O3/c1-26-15-3-4-16(17(11-15)27-2)23-19(25)22-12-14-5-9-24(10-6-14)18-13-20-7-8-21-18/h3-4,7-8,11,13-14H,5-6,9-10,12H2,1-2H3,(H2,22,23,25). The Bertz CT molecular complexity index is 748. The predicted octanol–water partition coefficient (Wildman–Crippen LogP) is 2.53. The van der Waals surface area contributed by atoms with Crippen molar-refractivity contribution >= 4 is 17.5 Å². The van der Waals surface area contributed by atoms with Crippen molar-refractivity contribution in [1.29, 1.82) is 0 Å². The van der Waals surface area contributed by atoms with Gasteiger partial charge >= 0.3 is 6.03 Å². The van der Waals surface area contributed by atoms with E-state index in [-0.39, 0.29) is 6.03 Å². The average molecular weight is 371 g/mol. The Morgan fingerprint density at radius 3 is 2.70 bits per heavy atom. The van der Waals surface area contributed by atoms with Crippen LogP contribution in [0.5, 0.6) is 11.5 Å². The average Bonchev–Trinajstić information content (AvgIpc) is 2.73. The van der Waals surface area contributed by atoms with Crippen molar-refractivity contribution in [3.8, 4) is 11.5 Å². The van der Waals surface area contributed by atoms with E-state index in [0.717, 1.165) is 31.7 Å². The van der Waals surface area contributed by atoms with Crippen LogP contribution in [0.2, 0.25) is 0 Å². The summed E-state index contributed by atoms with van der Waals surface area (Å²) in [5, 5.41) is 5.78. The van der Waals surface area contributed by atoms with Gasteiger partial charge in [-0.1, -0.05) is 0 Å². The fourth-order valence-electron chi connectivity index (χ4n) is 3.13. The lowest BCUT2D eigenvalue weighted by molar-refractivity contribution is 0.248. The number of ether oxygens (including phenoxy) is 2. The van der Waals surface area contributed by atoms with Crippen molar-refractivity contribution < 1.29 is 14.3 Å². The van der Waals surface area contributed by atoms with Gasteiger partial charge < -0.3 is 25.0 Å². The summed E-state index contributed by atoms with van der Waals surface area (Å²) in [6, 6.07) is 5.03. The van der Waals surface area contributed by atoms with Crippen LogP contribution in [0.1, 0.15) is 12.8 Å². The molecule has 1 aliphatic rings. The summed E-state index contributed by atoms with van der Waals surface area (Å²) in [6.07, 6.45) is 7.18. The van der Waals surface area contributed by atoms with Gasteiger partial charge in [-0.15, -0.1) is 0 Å². The highest BCUT2D eigenvalue weighted by atomic mass is 16.5. The Balaban J connectivity index is 1.45. The van der Waals surface area contributed by atoms with E-state index in [9.17, 15) is 4.79 Å². The van der Waals surface area contributed by atoms with Gasteiger partial charge in [-0.25, -0.2) is 9.78 Å². The van der Waals surface area contributed by atoms with Gasteiger partial charge in [0.25, 0.3) is 0 Å². The van der Waals surface area contributed by atoms with Gasteiger partial charge in [-0.05, 0) is 30.9 Å². The van der Waals surface area contributed by atoms with Crippen LogP contribution < -0.4 is 25.0 Å². The van der Waals surface area contributed by atoms with Crippen LogP contribution >= 0.6 is 0 Å². The smallest absolute Gasteiger partial charge is 0.319 e. The van der Waals surface area contributed by atoms with Gasteiger partial charge in [0.1, 0.15) is 17.3 Å².